The number of aliphatic carboxylic acids is 1. The van der Waals surface area contributed by atoms with E-state index in [0.29, 0.717) is 32.7 Å². The van der Waals surface area contributed by atoms with Crippen LogP contribution in [0.3, 0.4) is 0 Å². The monoisotopic (exact) mass is 351 g/mol. The van der Waals surface area contributed by atoms with Crippen LogP contribution >= 0.6 is 0 Å². The molecule has 1 N–H and O–H groups in total. The van der Waals surface area contributed by atoms with Crippen LogP contribution < -0.4 is 0 Å². The summed E-state index contributed by atoms with van der Waals surface area (Å²) in [6.45, 7) is 9.88. The first-order valence-corrected chi connectivity index (χ1v) is 9.16. The lowest BCUT2D eigenvalue weighted by Crippen LogP contribution is -2.56. The van der Waals surface area contributed by atoms with Crippen molar-refractivity contribution >= 4 is 11.9 Å². The number of nitrogens with zero attached hydrogens (tertiary/aromatic N) is 1. The van der Waals surface area contributed by atoms with E-state index in [0.717, 1.165) is 6.42 Å². The standard InChI is InChI=1S/C19H29NO5/c1-5-18-7-6-13(12-18)19(16(22)23,17(2,3)4)14(18)15(21)25-20-8-10-24-11-9-20/h6-7,13-14H,5,8-12H2,1-4H3,(H,22,23). The molecule has 0 aromatic heterocycles. The third-order valence-corrected chi connectivity index (χ3v) is 6.55. The van der Waals surface area contributed by atoms with Crippen molar-refractivity contribution in [2.75, 3.05) is 26.3 Å². The van der Waals surface area contributed by atoms with Crippen molar-refractivity contribution in [1.29, 1.82) is 0 Å². The molecule has 0 spiro atoms. The summed E-state index contributed by atoms with van der Waals surface area (Å²) in [7, 11) is 0. The fourth-order valence-corrected chi connectivity index (χ4v) is 5.34. The molecule has 0 radical (unpaired) electrons. The molecule has 4 atom stereocenters. The molecule has 6 nitrogen and oxygen atoms in total. The maximum Gasteiger partial charge on any atom is 0.330 e. The third-order valence-electron chi connectivity index (χ3n) is 6.55. The van der Waals surface area contributed by atoms with Crippen molar-refractivity contribution in [3.8, 4) is 0 Å². The average molecular weight is 351 g/mol. The van der Waals surface area contributed by atoms with Gasteiger partial charge in [0.05, 0.1) is 37.6 Å². The summed E-state index contributed by atoms with van der Waals surface area (Å²) in [5.41, 5.74) is -2.15. The van der Waals surface area contributed by atoms with E-state index in [2.05, 4.69) is 6.08 Å². The van der Waals surface area contributed by atoms with Crippen molar-refractivity contribution in [3.63, 3.8) is 0 Å². The Kier molecular flexibility index (Phi) is 4.48. The molecular weight excluding hydrogens is 322 g/mol. The Morgan fingerprint density at radius 1 is 1.32 bits per heavy atom. The molecule has 3 rings (SSSR count). The first kappa shape index (κ1) is 18.4. The summed E-state index contributed by atoms with van der Waals surface area (Å²) in [5.74, 6) is -2.13. The van der Waals surface area contributed by atoms with Gasteiger partial charge in [0.25, 0.3) is 0 Å². The summed E-state index contributed by atoms with van der Waals surface area (Å²) in [5, 5.41) is 11.9. The van der Waals surface area contributed by atoms with Crippen LogP contribution in [0, 0.1) is 28.1 Å². The second-order valence-electron chi connectivity index (χ2n) is 8.57. The number of allylic oxidation sites excluding steroid dienone is 2. The number of hydrogen-bond acceptors (Lipinski definition) is 5. The SMILES string of the molecule is CCC12C=CC(C1)C(C(=O)O)(C(C)(C)C)C2C(=O)ON1CCOCC1. The second-order valence-corrected chi connectivity index (χ2v) is 8.57. The molecule has 1 heterocycles. The first-order valence-electron chi connectivity index (χ1n) is 9.16. The Morgan fingerprint density at radius 2 is 1.96 bits per heavy atom. The highest BCUT2D eigenvalue weighted by Crippen LogP contribution is 2.70. The normalized spacial score (nSPS) is 38.1. The largest absolute Gasteiger partial charge is 0.481 e. The summed E-state index contributed by atoms with van der Waals surface area (Å²) < 4.78 is 5.29. The zero-order valence-electron chi connectivity index (χ0n) is 15.6. The van der Waals surface area contributed by atoms with Crippen LogP contribution in [-0.2, 0) is 19.2 Å². The lowest BCUT2D eigenvalue weighted by molar-refractivity contribution is -0.222. The maximum absolute atomic E-state index is 13.2. The lowest BCUT2D eigenvalue weighted by atomic mass is 9.53. The molecular formula is C19H29NO5. The molecule has 2 aliphatic carbocycles. The van der Waals surface area contributed by atoms with Crippen molar-refractivity contribution in [2.24, 2.45) is 28.1 Å². The van der Waals surface area contributed by atoms with E-state index in [1.54, 1.807) is 5.06 Å². The van der Waals surface area contributed by atoms with Crippen molar-refractivity contribution < 1.29 is 24.3 Å². The molecule has 25 heavy (non-hydrogen) atoms. The van der Waals surface area contributed by atoms with Crippen LogP contribution in [0.5, 0.6) is 0 Å². The van der Waals surface area contributed by atoms with Crippen LogP contribution in [0.2, 0.25) is 0 Å². The van der Waals surface area contributed by atoms with E-state index in [-0.39, 0.29) is 5.92 Å². The first-order chi connectivity index (χ1) is 11.7. The van der Waals surface area contributed by atoms with Crippen LogP contribution in [-0.4, -0.2) is 48.4 Å². The Bertz CT molecular complexity index is 589. The predicted octanol–water partition coefficient (Wildman–Crippen LogP) is 2.50. The van der Waals surface area contributed by atoms with Gasteiger partial charge in [-0.05, 0) is 24.2 Å². The number of carboxylic acid groups (broad SMARTS) is 1. The Balaban J connectivity index is 2.01. The van der Waals surface area contributed by atoms with Gasteiger partial charge in [-0.2, -0.15) is 0 Å². The molecule has 4 unspecified atom stereocenters. The number of carboxylic acids is 1. The number of morpholine rings is 1. The van der Waals surface area contributed by atoms with Gasteiger partial charge in [0.2, 0.25) is 0 Å². The molecule has 2 fully saturated rings. The number of carbonyl (C=O) groups is 2. The van der Waals surface area contributed by atoms with Crippen molar-refractivity contribution in [2.45, 2.75) is 40.5 Å². The van der Waals surface area contributed by atoms with Gasteiger partial charge in [-0.3, -0.25) is 4.79 Å². The molecule has 0 aromatic rings. The number of hydroxylamine groups is 2. The van der Waals surface area contributed by atoms with Gasteiger partial charge in [0, 0.05) is 5.41 Å². The van der Waals surface area contributed by atoms with Crippen molar-refractivity contribution in [3.05, 3.63) is 12.2 Å². The van der Waals surface area contributed by atoms with Gasteiger partial charge in [0.1, 0.15) is 0 Å². The van der Waals surface area contributed by atoms with E-state index in [1.165, 1.54) is 0 Å². The minimum absolute atomic E-state index is 0.146. The minimum Gasteiger partial charge on any atom is -0.481 e. The average Bonchev–Trinajstić information content (AvgIpc) is 3.10. The zero-order valence-corrected chi connectivity index (χ0v) is 15.6. The summed E-state index contributed by atoms with van der Waals surface area (Å²) >= 11 is 0. The van der Waals surface area contributed by atoms with E-state index in [1.807, 2.05) is 33.8 Å². The fraction of sp³-hybridized carbons (Fsp3) is 0.789. The van der Waals surface area contributed by atoms with Crippen LogP contribution in [0.1, 0.15) is 40.5 Å². The topological polar surface area (TPSA) is 76.1 Å². The molecule has 1 aliphatic heterocycles. The zero-order chi connectivity index (χ0) is 18.5. The Morgan fingerprint density at radius 3 is 2.48 bits per heavy atom. The van der Waals surface area contributed by atoms with E-state index < -0.39 is 34.1 Å². The molecule has 1 saturated heterocycles. The highest BCUT2D eigenvalue weighted by Gasteiger charge is 2.73. The van der Waals surface area contributed by atoms with Gasteiger partial charge < -0.3 is 14.7 Å². The summed E-state index contributed by atoms with van der Waals surface area (Å²) in [6.07, 6.45) is 5.52. The Labute approximate surface area is 149 Å². The second kappa shape index (κ2) is 6.09. The summed E-state index contributed by atoms with van der Waals surface area (Å²) in [6, 6.07) is 0. The highest BCUT2D eigenvalue weighted by molar-refractivity contribution is 5.88. The molecule has 0 aromatic carbocycles. The molecule has 3 aliphatic rings. The predicted molar refractivity (Wildman–Crippen MR) is 91.5 cm³/mol. The third kappa shape index (κ3) is 2.53. The number of ether oxygens (including phenoxy) is 1. The van der Waals surface area contributed by atoms with Gasteiger partial charge in [-0.25, -0.2) is 4.79 Å². The minimum atomic E-state index is -1.15. The Hall–Kier alpha value is -1.40. The van der Waals surface area contributed by atoms with E-state index >= 15 is 0 Å². The van der Waals surface area contributed by atoms with Crippen molar-refractivity contribution in [1.82, 2.24) is 5.06 Å². The quantitative estimate of drug-likeness (QED) is 0.784. The van der Waals surface area contributed by atoms with E-state index in [4.69, 9.17) is 9.57 Å². The number of hydrogen-bond donors (Lipinski definition) is 1. The maximum atomic E-state index is 13.2. The highest BCUT2D eigenvalue weighted by atomic mass is 16.7. The van der Waals surface area contributed by atoms with E-state index in [9.17, 15) is 14.7 Å². The van der Waals surface area contributed by atoms with Crippen LogP contribution in [0.15, 0.2) is 12.2 Å². The molecule has 1 saturated carbocycles. The molecule has 2 bridgehead atoms. The van der Waals surface area contributed by atoms with Gasteiger partial charge >= 0.3 is 11.9 Å². The van der Waals surface area contributed by atoms with Gasteiger partial charge in [-0.1, -0.05) is 39.8 Å². The number of carbonyl (C=O) groups excluding carboxylic acids is 1. The lowest BCUT2D eigenvalue weighted by Gasteiger charge is -2.49. The number of rotatable bonds is 4. The molecule has 6 heteroatoms. The smallest absolute Gasteiger partial charge is 0.330 e. The van der Waals surface area contributed by atoms with Gasteiger partial charge in [-0.15, -0.1) is 5.06 Å². The molecule has 140 valence electrons. The van der Waals surface area contributed by atoms with Crippen LogP contribution in [0.4, 0.5) is 0 Å². The molecule has 0 amide bonds. The summed E-state index contributed by atoms with van der Waals surface area (Å²) in [4.78, 5) is 31.5. The fourth-order valence-electron chi connectivity index (χ4n) is 5.34. The number of fused-ring (bicyclic) bond motifs is 2. The van der Waals surface area contributed by atoms with Crippen LogP contribution in [0.25, 0.3) is 0 Å². The van der Waals surface area contributed by atoms with Gasteiger partial charge in [0.15, 0.2) is 0 Å².